The molecule has 0 aliphatic rings. The van der Waals surface area contributed by atoms with Gasteiger partial charge < -0.3 is 109 Å². The molecule has 5 unspecified atom stereocenters. The van der Waals surface area contributed by atoms with Gasteiger partial charge >= 0.3 is 0 Å². The number of nitrogens with one attached hydrogen (secondary N) is 7. The van der Waals surface area contributed by atoms with Gasteiger partial charge in [0.25, 0.3) is 5.91 Å². The lowest BCUT2D eigenvalue weighted by molar-refractivity contribution is -0.136. The van der Waals surface area contributed by atoms with Crippen LogP contribution in [0.3, 0.4) is 0 Å². The summed E-state index contributed by atoms with van der Waals surface area (Å²) in [6.07, 6.45) is 6.74. The van der Waals surface area contributed by atoms with Gasteiger partial charge in [0.1, 0.15) is 12.1 Å². The van der Waals surface area contributed by atoms with Crippen LogP contribution in [0.25, 0.3) is 0 Å². The second-order valence-electron chi connectivity index (χ2n) is 18.4. The number of nitrogens with two attached hydrogens (primary N) is 10. The molecule has 0 heterocycles. The van der Waals surface area contributed by atoms with Crippen LogP contribution in [-0.2, 0) is 57.4 Å². The van der Waals surface area contributed by atoms with Crippen LogP contribution in [0.4, 0.5) is 0 Å². The highest BCUT2D eigenvalue weighted by Gasteiger charge is 2.26. The summed E-state index contributed by atoms with van der Waals surface area (Å²) in [4.78, 5) is 107. The number of hydrogen-bond donors (Lipinski definition) is 17. The van der Waals surface area contributed by atoms with Gasteiger partial charge in [-0.2, -0.15) is 0 Å². The Bertz CT molecular complexity index is 1660. The lowest BCUT2D eigenvalue weighted by Gasteiger charge is -2.26. The Morgan fingerprint density at radius 2 is 0.870 bits per heavy atom. The highest BCUT2D eigenvalue weighted by atomic mass is 16.5. The summed E-state index contributed by atoms with van der Waals surface area (Å²) in [5.74, 6) is -4.56. The SMILES string of the molecule is CC(=O)C(=O)NCCCCC(NC(=O)CCC(=O)NCCCOCCOCCOCCCNC(=O)C(CCCCNC(=O)C(N)CCCCN)NC(=O)C(N)CCCCN)C(N)=O.CNC(CC(C(N)N)C(N)N)C(N)=O. The topological polar surface area (TPSA) is 526 Å². The number of carbonyl (C=O) groups excluding carboxylic acids is 9. The molecular formula is C48H99N17O12. The molecular weight excluding hydrogens is 1010 g/mol. The Hall–Kier alpha value is -5.05. The minimum atomic E-state index is -0.908. The van der Waals surface area contributed by atoms with E-state index in [1.54, 1.807) is 7.05 Å². The average Bonchev–Trinajstić information content (AvgIpc) is 3.37. The molecule has 5 atom stereocenters. The van der Waals surface area contributed by atoms with Gasteiger partial charge in [0.15, 0.2) is 0 Å². The van der Waals surface area contributed by atoms with Gasteiger partial charge in [-0.1, -0.05) is 12.8 Å². The molecule has 0 fully saturated rings. The van der Waals surface area contributed by atoms with E-state index in [4.69, 9.17) is 71.5 Å². The number of primary amides is 2. The number of amides is 8. The predicted molar refractivity (Wildman–Crippen MR) is 291 cm³/mol. The molecule has 29 heteroatoms. The molecule has 0 aromatic heterocycles. The standard InChI is InChI=1S/C41H79N11O11.C7H20N6O/c1-30(53)38(57)48-20-8-4-14-33(37(46)56)51-36(55)17-16-35(54)47-22-10-24-61-26-28-63-29-27-62-25-11-23-50-41(60)34(52-40(59)32(45)13-3-7-19-43)15-5-9-21-49-39(58)31(44)12-2-6-18-42;1-13-4(7(12)14)2-3(5(8)9)6(10)11/h31-34H,2-29,42-45H2,1H3,(H2,46,56)(H,47,54)(H,48,57)(H,49,58)(H,50,60)(H,51,55)(H,52,59);3-6,13H,2,8-11H2,1H3,(H2,12,14). The molecule has 0 aliphatic heterocycles. The minimum Gasteiger partial charge on any atom is -0.379 e. The fraction of sp³-hybridized carbons (Fsp3) is 0.812. The zero-order valence-electron chi connectivity index (χ0n) is 45.8. The van der Waals surface area contributed by atoms with E-state index in [2.05, 4.69) is 37.2 Å². The minimum absolute atomic E-state index is 0.0655. The fourth-order valence-corrected chi connectivity index (χ4v) is 6.98. The number of ketones is 1. The van der Waals surface area contributed by atoms with Crippen molar-refractivity contribution in [2.24, 2.45) is 63.3 Å². The van der Waals surface area contributed by atoms with Gasteiger partial charge in [-0.3, -0.25) is 43.2 Å². The molecule has 0 saturated heterocycles. The van der Waals surface area contributed by atoms with Crippen molar-refractivity contribution in [2.45, 2.75) is 159 Å². The lowest BCUT2D eigenvalue weighted by atomic mass is 9.94. The van der Waals surface area contributed by atoms with E-state index in [1.807, 2.05) is 0 Å². The Labute approximate surface area is 454 Å². The van der Waals surface area contributed by atoms with Crippen LogP contribution in [-0.4, -0.2) is 182 Å². The van der Waals surface area contributed by atoms with Crippen LogP contribution >= 0.6 is 0 Å². The summed E-state index contributed by atoms with van der Waals surface area (Å²) in [5.41, 5.74) is 55.5. The Kier molecular flexibility index (Phi) is 46.2. The number of Topliss-reactive ketones (excluding diaryl/α,β-unsaturated/α-hetero) is 1. The number of hydrogen-bond acceptors (Lipinski definition) is 21. The second-order valence-corrected chi connectivity index (χ2v) is 18.4. The lowest BCUT2D eigenvalue weighted by Crippen LogP contribution is -2.55. The number of rotatable bonds is 48. The van der Waals surface area contributed by atoms with Gasteiger partial charge in [0.05, 0.1) is 56.9 Å². The molecule has 448 valence electrons. The molecule has 0 aliphatic carbocycles. The van der Waals surface area contributed by atoms with Crippen molar-refractivity contribution >= 4 is 53.0 Å². The quantitative estimate of drug-likeness (QED) is 0.0153. The van der Waals surface area contributed by atoms with Crippen LogP contribution < -0.4 is 94.6 Å². The zero-order valence-corrected chi connectivity index (χ0v) is 45.8. The Morgan fingerprint density at radius 1 is 0.442 bits per heavy atom. The van der Waals surface area contributed by atoms with Crippen LogP contribution in [0.1, 0.15) is 116 Å². The first kappa shape index (κ1) is 74.0. The number of carbonyl (C=O) groups is 9. The number of likely N-dealkylation sites (N-methyl/N-ethyl adjacent to an activating group) is 1. The summed E-state index contributed by atoms with van der Waals surface area (Å²) in [5, 5.41) is 18.9. The summed E-state index contributed by atoms with van der Waals surface area (Å²) >= 11 is 0. The Balaban J connectivity index is 0. The number of unbranched alkanes of at least 4 members (excludes halogenated alkanes) is 4. The molecule has 0 radical (unpaired) electrons. The van der Waals surface area contributed by atoms with Crippen molar-refractivity contribution in [1.29, 1.82) is 0 Å². The van der Waals surface area contributed by atoms with Crippen molar-refractivity contribution in [2.75, 3.05) is 86.0 Å². The van der Waals surface area contributed by atoms with Crippen molar-refractivity contribution in [3.8, 4) is 0 Å². The molecule has 0 bridgehead atoms. The molecule has 0 saturated carbocycles. The summed E-state index contributed by atoms with van der Waals surface area (Å²) in [6, 6.07) is -3.55. The first-order valence-electron chi connectivity index (χ1n) is 26.8. The highest BCUT2D eigenvalue weighted by molar-refractivity contribution is 6.35. The molecule has 0 rings (SSSR count). The first-order valence-corrected chi connectivity index (χ1v) is 26.8. The third-order valence-corrected chi connectivity index (χ3v) is 11.7. The normalized spacial score (nSPS) is 13.1. The average molecular weight is 1110 g/mol. The van der Waals surface area contributed by atoms with Crippen molar-refractivity contribution < 1.29 is 57.4 Å². The van der Waals surface area contributed by atoms with E-state index in [9.17, 15) is 43.2 Å². The van der Waals surface area contributed by atoms with Gasteiger partial charge in [0, 0.05) is 65.1 Å². The van der Waals surface area contributed by atoms with Gasteiger partial charge in [-0.25, -0.2) is 0 Å². The summed E-state index contributed by atoms with van der Waals surface area (Å²) < 4.78 is 16.6. The van der Waals surface area contributed by atoms with Crippen molar-refractivity contribution in [3.05, 3.63) is 0 Å². The molecule has 0 aromatic carbocycles. The maximum atomic E-state index is 13.0. The van der Waals surface area contributed by atoms with Crippen molar-refractivity contribution in [3.63, 3.8) is 0 Å². The van der Waals surface area contributed by atoms with Crippen LogP contribution in [0, 0.1) is 5.92 Å². The smallest absolute Gasteiger partial charge is 0.287 e. The summed E-state index contributed by atoms with van der Waals surface area (Å²) in [6.45, 7) is 5.74. The molecule has 29 nitrogen and oxygen atoms in total. The second kappa shape index (κ2) is 48.1. The molecule has 0 aromatic rings. The van der Waals surface area contributed by atoms with Gasteiger partial charge in [0.2, 0.25) is 47.1 Å². The van der Waals surface area contributed by atoms with E-state index in [1.165, 1.54) is 0 Å². The van der Waals surface area contributed by atoms with E-state index in [0.29, 0.717) is 143 Å². The third-order valence-electron chi connectivity index (χ3n) is 11.7. The van der Waals surface area contributed by atoms with Gasteiger partial charge in [-0.05, 0) is 104 Å². The first-order chi connectivity index (χ1) is 36.6. The fourth-order valence-electron chi connectivity index (χ4n) is 6.98. The van der Waals surface area contributed by atoms with Crippen LogP contribution in [0.5, 0.6) is 0 Å². The molecule has 0 spiro atoms. The van der Waals surface area contributed by atoms with Crippen molar-refractivity contribution in [1.82, 2.24) is 37.2 Å². The maximum absolute atomic E-state index is 13.0. The van der Waals surface area contributed by atoms with Gasteiger partial charge in [-0.15, -0.1) is 0 Å². The summed E-state index contributed by atoms with van der Waals surface area (Å²) in [7, 11) is 1.62. The molecule has 27 N–H and O–H groups in total. The zero-order chi connectivity index (χ0) is 58.4. The van der Waals surface area contributed by atoms with E-state index in [0.717, 1.165) is 26.2 Å². The largest absolute Gasteiger partial charge is 0.379 e. The molecule has 8 amide bonds. The predicted octanol–water partition coefficient (Wildman–Crippen LogP) is -6.09. The molecule has 77 heavy (non-hydrogen) atoms. The maximum Gasteiger partial charge on any atom is 0.287 e. The van der Waals surface area contributed by atoms with E-state index in [-0.39, 0.29) is 49.4 Å². The number of ether oxygens (including phenoxy) is 3. The monoisotopic (exact) mass is 1110 g/mol. The third kappa shape index (κ3) is 41.7. The highest BCUT2D eigenvalue weighted by Crippen LogP contribution is 2.09. The van der Waals surface area contributed by atoms with Crippen LogP contribution in [0.15, 0.2) is 0 Å². The van der Waals surface area contributed by atoms with E-state index < -0.39 is 77.9 Å². The Morgan fingerprint density at radius 3 is 1.35 bits per heavy atom. The van der Waals surface area contributed by atoms with Crippen LogP contribution in [0.2, 0.25) is 0 Å². The van der Waals surface area contributed by atoms with E-state index >= 15 is 0 Å².